The fourth-order valence-electron chi connectivity index (χ4n) is 4.85. The zero-order chi connectivity index (χ0) is 29.2. The third-order valence-electron chi connectivity index (χ3n) is 7.99. The number of nitrogens with zero attached hydrogens (tertiary/aromatic N) is 3. The van der Waals surface area contributed by atoms with Gasteiger partial charge in [0.1, 0.15) is 6.04 Å². The topological polar surface area (TPSA) is 107 Å². The van der Waals surface area contributed by atoms with Crippen molar-refractivity contribution in [1.82, 2.24) is 30.7 Å². The number of thiazole rings is 1. The number of likely N-dealkylation sites (N-methyl/N-ethyl adjacent to an activating group) is 1. The molecule has 0 saturated carbocycles. The number of fused-ring (bicyclic) bond motifs is 1. The van der Waals surface area contributed by atoms with Gasteiger partial charge < -0.3 is 25.8 Å². The van der Waals surface area contributed by atoms with E-state index in [-0.39, 0.29) is 35.6 Å². The summed E-state index contributed by atoms with van der Waals surface area (Å²) in [5.74, 6) is -0.422. The summed E-state index contributed by atoms with van der Waals surface area (Å²) >= 11 is 1.56. The van der Waals surface area contributed by atoms with Gasteiger partial charge in [0.15, 0.2) is 0 Å². The Bertz CT molecular complexity index is 1130. The van der Waals surface area contributed by atoms with E-state index < -0.39 is 6.04 Å². The predicted octanol–water partition coefficient (Wildman–Crippen LogP) is 2.83. The Hall–Kier alpha value is -2.56. The third-order valence-corrected chi connectivity index (χ3v) is 9.03. The maximum Gasteiger partial charge on any atom is 0.243 e. The summed E-state index contributed by atoms with van der Waals surface area (Å²) in [4.78, 5) is 48.2. The summed E-state index contributed by atoms with van der Waals surface area (Å²) in [7, 11) is 2.12. The van der Waals surface area contributed by atoms with Crippen molar-refractivity contribution in [2.45, 2.75) is 72.4 Å². The van der Waals surface area contributed by atoms with Crippen molar-refractivity contribution >= 4 is 39.3 Å². The molecule has 1 aliphatic rings. The molecule has 2 heterocycles. The van der Waals surface area contributed by atoms with Crippen LogP contribution in [-0.4, -0.2) is 90.9 Å². The van der Waals surface area contributed by atoms with Gasteiger partial charge in [0, 0.05) is 64.1 Å². The van der Waals surface area contributed by atoms with Crippen LogP contribution < -0.4 is 16.0 Å². The van der Waals surface area contributed by atoms with E-state index >= 15 is 0 Å². The molecule has 40 heavy (non-hydrogen) atoms. The van der Waals surface area contributed by atoms with E-state index in [9.17, 15) is 14.4 Å². The average Bonchev–Trinajstić information content (AvgIpc) is 3.36. The number of benzene rings is 1. The highest BCUT2D eigenvalue weighted by Gasteiger charge is 2.28. The summed E-state index contributed by atoms with van der Waals surface area (Å²) in [5, 5.41) is 9.93. The van der Waals surface area contributed by atoms with E-state index in [0.717, 1.165) is 60.8 Å². The molecule has 10 heteroatoms. The lowest BCUT2D eigenvalue weighted by atomic mass is 9.98. The van der Waals surface area contributed by atoms with Gasteiger partial charge >= 0.3 is 0 Å². The van der Waals surface area contributed by atoms with Crippen LogP contribution >= 0.6 is 11.3 Å². The Morgan fingerprint density at radius 3 is 2.40 bits per heavy atom. The largest absolute Gasteiger partial charge is 0.354 e. The molecule has 3 N–H and O–H groups in total. The molecule has 0 radical (unpaired) electrons. The molecule has 1 aliphatic heterocycles. The highest BCUT2D eigenvalue weighted by molar-refractivity contribution is 7.18. The Labute approximate surface area is 243 Å². The molecular weight excluding hydrogens is 524 g/mol. The summed E-state index contributed by atoms with van der Waals surface area (Å²) in [6.07, 6.45) is 2.41. The first-order valence-electron chi connectivity index (χ1n) is 14.8. The van der Waals surface area contributed by atoms with Crippen molar-refractivity contribution in [1.29, 1.82) is 0 Å². The van der Waals surface area contributed by atoms with Crippen LogP contribution in [0.4, 0.5) is 0 Å². The highest BCUT2D eigenvalue weighted by Crippen LogP contribution is 2.24. The number of piperazine rings is 1. The van der Waals surface area contributed by atoms with Crippen LogP contribution in [0.1, 0.15) is 58.0 Å². The molecule has 0 aliphatic carbocycles. The fraction of sp³-hybridized carbons (Fsp3) is 0.667. The number of amides is 3. The normalized spacial score (nSPS) is 17.6. The number of carbonyl (C=O) groups is 3. The maximum absolute atomic E-state index is 13.5. The van der Waals surface area contributed by atoms with Crippen LogP contribution in [-0.2, 0) is 27.2 Å². The first-order chi connectivity index (χ1) is 19.1. The molecule has 3 amide bonds. The molecule has 3 rings (SSSR count). The second kappa shape index (κ2) is 15.4. The first-order valence-corrected chi connectivity index (χ1v) is 15.6. The molecule has 222 valence electrons. The zero-order valence-electron chi connectivity index (χ0n) is 25.1. The second-order valence-electron chi connectivity index (χ2n) is 11.2. The van der Waals surface area contributed by atoms with E-state index in [1.807, 2.05) is 13.0 Å². The SMILES string of the molecule is CCC(=O)N[C@@H](Cc1nc2ccc(CC)cc2s1)C(=O)N[C@H](CNC(=O)C(C)CN1CCN(C)CC1)[C@@H](C)CC. The molecular formula is C30H48N6O3S. The van der Waals surface area contributed by atoms with Crippen molar-refractivity contribution < 1.29 is 14.4 Å². The number of hydrogen-bond donors (Lipinski definition) is 3. The van der Waals surface area contributed by atoms with Gasteiger partial charge in [-0.15, -0.1) is 11.3 Å². The van der Waals surface area contributed by atoms with E-state index in [1.165, 1.54) is 5.56 Å². The molecule has 4 atom stereocenters. The van der Waals surface area contributed by atoms with Gasteiger partial charge in [-0.25, -0.2) is 4.98 Å². The summed E-state index contributed by atoms with van der Waals surface area (Å²) in [5.41, 5.74) is 2.15. The third kappa shape index (κ3) is 9.24. The predicted molar refractivity (Wildman–Crippen MR) is 162 cm³/mol. The molecule has 0 bridgehead atoms. The van der Waals surface area contributed by atoms with Gasteiger partial charge in [-0.2, -0.15) is 0 Å². The Morgan fingerprint density at radius 2 is 1.75 bits per heavy atom. The number of nitrogens with one attached hydrogen (secondary N) is 3. The summed E-state index contributed by atoms with van der Waals surface area (Å²) in [6, 6.07) is 5.24. The first kappa shape index (κ1) is 32.0. The average molecular weight is 573 g/mol. The van der Waals surface area contributed by atoms with Gasteiger partial charge in [0.2, 0.25) is 17.7 Å². The molecule has 0 spiro atoms. The minimum atomic E-state index is -0.739. The molecule has 1 unspecified atom stereocenters. The number of aromatic nitrogens is 1. The number of aryl methyl sites for hydroxylation is 1. The van der Waals surface area contributed by atoms with Crippen LogP contribution in [0.3, 0.4) is 0 Å². The molecule has 1 saturated heterocycles. The number of rotatable bonds is 14. The molecule has 9 nitrogen and oxygen atoms in total. The van der Waals surface area contributed by atoms with Crippen molar-refractivity contribution in [3.05, 3.63) is 28.8 Å². The number of hydrogen-bond acceptors (Lipinski definition) is 7. The lowest BCUT2D eigenvalue weighted by molar-refractivity contribution is -0.129. The van der Waals surface area contributed by atoms with Crippen LogP contribution in [0, 0.1) is 11.8 Å². The van der Waals surface area contributed by atoms with Crippen LogP contribution in [0.5, 0.6) is 0 Å². The van der Waals surface area contributed by atoms with E-state index in [2.05, 4.69) is 65.7 Å². The molecule has 1 aromatic heterocycles. The van der Waals surface area contributed by atoms with Crippen LogP contribution in [0.2, 0.25) is 0 Å². The smallest absolute Gasteiger partial charge is 0.243 e. The van der Waals surface area contributed by atoms with Gasteiger partial charge in [-0.1, -0.05) is 47.1 Å². The van der Waals surface area contributed by atoms with E-state index in [0.29, 0.717) is 19.4 Å². The summed E-state index contributed by atoms with van der Waals surface area (Å²) < 4.78 is 1.08. The van der Waals surface area contributed by atoms with Gasteiger partial charge in [-0.05, 0) is 37.1 Å². The Kier molecular flexibility index (Phi) is 12.3. The molecule has 1 aromatic carbocycles. The highest BCUT2D eigenvalue weighted by atomic mass is 32.1. The van der Waals surface area contributed by atoms with Crippen molar-refractivity contribution in [2.24, 2.45) is 11.8 Å². The van der Waals surface area contributed by atoms with Gasteiger partial charge in [0.05, 0.1) is 15.2 Å². The van der Waals surface area contributed by atoms with Crippen LogP contribution in [0.15, 0.2) is 18.2 Å². The minimum absolute atomic E-state index is 0.00163. The Morgan fingerprint density at radius 1 is 1.02 bits per heavy atom. The zero-order valence-corrected chi connectivity index (χ0v) is 25.9. The monoisotopic (exact) mass is 572 g/mol. The van der Waals surface area contributed by atoms with E-state index in [1.54, 1.807) is 18.3 Å². The summed E-state index contributed by atoms with van der Waals surface area (Å²) in [6.45, 7) is 15.1. The fourth-order valence-corrected chi connectivity index (χ4v) is 5.93. The lowest BCUT2D eigenvalue weighted by Crippen LogP contribution is -2.55. The second-order valence-corrected chi connectivity index (χ2v) is 12.3. The lowest BCUT2D eigenvalue weighted by Gasteiger charge is -2.33. The van der Waals surface area contributed by atoms with E-state index in [4.69, 9.17) is 4.98 Å². The van der Waals surface area contributed by atoms with Crippen LogP contribution in [0.25, 0.3) is 10.2 Å². The standard InChI is InChI=1S/C30H48N6O3S/c1-7-20(4)25(18-31-29(38)21(5)19-36-14-12-35(6)13-15-36)34-30(39)24(32-27(37)9-3)17-28-33-23-11-10-22(8-2)16-26(23)40-28/h10-11,16,20-21,24-25H,7-9,12-15,17-19H2,1-6H3,(H,31,38)(H,32,37)(H,34,39)/t20-,21?,24-,25+/m0/s1. The molecule has 2 aromatic rings. The maximum atomic E-state index is 13.5. The number of carbonyl (C=O) groups excluding carboxylic acids is 3. The van der Waals surface area contributed by atoms with Crippen molar-refractivity contribution in [3.8, 4) is 0 Å². The Balaban J connectivity index is 1.64. The van der Waals surface area contributed by atoms with Gasteiger partial charge in [-0.3, -0.25) is 14.4 Å². The van der Waals surface area contributed by atoms with Crippen molar-refractivity contribution in [3.63, 3.8) is 0 Å². The molecule has 1 fully saturated rings. The quantitative estimate of drug-likeness (QED) is 0.322. The van der Waals surface area contributed by atoms with Gasteiger partial charge in [0.25, 0.3) is 0 Å². The minimum Gasteiger partial charge on any atom is -0.354 e. The van der Waals surface area contributed by atoms with Crippen molar-refractivity contribution in [2.75, 3.05) is 46.3 Å².